The highest BCUT2D eigenvalue weighted by Gasteiger charge is 2.32. The number of phenolic OH excluding ortho intramolecular Hbond substituents is 2. The summed E-state index contributed by atoms with van der Waals surface area (Å²) in [5, 5.41) is 22.5. The highest BCUT2D eigenvalue weighted by molar-refractivity contribution is 5.51. The summed E-state index contributed by atoms with van der Waals surface area (Å²) in [7, 11) is 0. The van der Waals surface area contributed by atoms with E-state index >= 15 is 0 Å². The zero-order chi connectivity index (χ0) is 31.8. The predicted molar refractivity (Wildman–Crippen MR) is 185 cm³/mol. The molecule has 246 valence electrons. The Kier molecular flexibility index (Phi) is 18.4. The van der Waals surface area contributed by atoms with Gasteiger partial charge < -0.3 is 21.7 Å². The number of unbranched alkanes of at least 4 members (excludes halogenated alkanes) is 10. The van der Waals surface area contributed by atoms with E-state index in [4.69, 9.17) is 11.5 Å². The quantitative estimate of drug-likeness (QED) is 0.0714. The van der Waals surface area contributed by atoms with Gasteiger partial charge in [0, 0.05) is 23.2 Å². The van der Waals surface area contributed by atoms with Crippen molar-refractivity contribution in [1.29, 1.82) is 0 Å². The smallest absolute Gasteiger partial charge is 0.119 e. The molecule has 0 aliphatic heterocycles. The topological polar surface area (TPSA) is 92.5 Å². The maximum absolute atomic E-state index is 11.3. The molecule has 1 aromatic carbocycles. The first-order chi connectivity index (χ1) is 19.8. The van der Waals surface area contributed by atoms with Gasteiger partial charge in [-0.1, -0.05) is 132 Å². The summed E-state index contributed by atoms with van der Waals surface area (Å²) in [5.41, 5.74) is 13.9. The molecule has 1 rings (SSSR count). The molecule has 0 spiro atoms. The van der Waals surface area contributed by atoms with Crippen LogP contribution in [0.2, 0.25) is 0 Å². The van der Waals surface area contributed by atoms with Crippen LogP contribution in [0.4, 0.5) is 0 Å². The lowest BCUT2D eigenvalue weighted by atomic mass is 9.71. The largest absolute Gasteiger partial charge is 0.508 e. The molecule has 0 fully saturated rings. The van der Waals surface area contributed by atoms with Gasteiger partial charge in [0.25, 0.3) is 0 Å². The number of aromatic hydroxyl groups is 2. The fourth-order valence-electron chi connectivity index (χ4n) is 6.42. The standard InChI is InChI=1S/C38H72N2O2/c1-9-37(7,25-21-17-13-11-15-19-23-33(39)29(3)4)31-27-36(42)32(28-35(31)41)38(8,10-2)26-22-18-14-12-16-20-24-34(40)30(5)6/h27-30,33-34,41-42H,9-26,39-40H2,1-8H3. The van der Waals surface area contributed by atoms with E-state index in [-0.39, 0.29) is 10.8 Å². The fourth-order valence-corrected chi connectivity index (χ4v) is 6.42. The molecular formula is C38H72N2O2. The van der Waals surface area contributed by atoms with E-state index in [2.05, 4.69) is 55.4 Å². The van der Waals surface area contributed by atoms with Crippen molar-refractivity contribution in [3.05, 3.63) is 23.3 Å². The second kappa shape index (κ2) is 19.9. The summed E-state index contributed by atoms with van der Waals surface area (Å²) >= 11 is 0. The fraction of sp³-hybridized carbons (Fsp3) is 0.842. The summed E-state index contributed by atoms with van der Waals surface area (Å²) in [6, 6.07) is 4.45. The van der Waals surface area contributed by atoms with E-state index in [9.17, 15) is 10.2 Å². The van der Waals surface area contributed by atoms with Crippen molar-refractivity contribution in [3.8, 4) is 11.5 Å². The minimum absolute atomic E-state index is 0.133. The van der Waals surface area contributed by atoms with Crippen LogP contribution in [0.25, 0.3) is 0 Å². The Bertz CT molecular complexity index is 784. The number of nitrogens with two attached hydrogens (primary N) is 2. The summed E-state index contributed by atoms with van der Waals surface area (Å²) in [5.74, 6) is 1.85. The first-order valence-electron chi connectivity index (χ1n) is 17.9. The van der Waals surface area contributed by atoms with Gasteiger partial charge in [-0.05, 0) is 73.3 Å². The van der Waals surface area contributed by atoms with Crippen LogP contribution >= 0.6 is 0 Å². The Morgan fingerprint density at radius 2 is 0.833 bits per heavy atom. The molecule has 0 aliphatic carbocycles. The molecule has 4 unspecified atom stereocenters. The van der Waals surface area contributed by atoms with Crippen LogP contribution in [-0.4, -0.2) is 22.3 Å². The zero-order valence-electron chi connectivity index (χ0n) is 29.2. The lowest BCUT2D eigenvalue weighted by Gasteiger charge is -2.34. The Morgan fingerprint density at radius 3 is 1.12 bits per heavy atom. The normalized spacial score (nSPS) is 16.5. The van der Waals surface area contributed by atoms with Crippen molar-refractivity contribution in [3.63, 3.8) is 0 Å². The van der Waals surface area contributed by atoms with Gasteiger partial charge >= 0.3 is 0 Å². The van der Waals surface area contributed by atoms with E-state index < -0.39 is 0 Å². The van der Waals surface area contributed by atoms with Gasteiger partial charge in [-0.25, -0.2) is 0 Å². The van der Waals surface area contributed by atoms with Crippen LogP contribution in [0, 0.1) is 11.8 Å². The summed E-state index contributed by atoms with van der Waals surface area (Å²) < 4.78 is 0. The maximum atomic E-state index is 11.3. The molecular weight excluding hydrogens is 516 g/mol. The van der Waals surface area contributed by atoms with Crippen LogP contribution in [0.15, 0.2) is 12.1 Å². The minimum atomic E-state index is -0.133. The number of phenols is 2. The Balaban J connectivity index is 2.61. The number of hydrogen-bond acceptors (Lipinski definition) is 4. The molecule has 0 heterocycles. The Hall–Kier alpha value is -1.26. The first kappa shape index (κ1) is 38.8. The summed E-state index contributed by atoms with van der Waals surface area (Å²) in [4.78, 5) is 0. The second-order valence-electron chi connectivity index (χ2n) is 14.9. The lowest BCUT2D eigenvalue weighted by molar-refractivity contribution is 0.349. The molecule has 4 heteroatoms. The summed E-state index contributed by atoms with van der Waals surface area (Å²) in [6.45, 7) is 17.7. The van der Waals surface area contributed by atoms with E-state index in [1.807, 2.05) is 12.1 Å². The third-order valence-corrected chi connectivity index (χ3v) is 10.7. The monoisotopic (exact) mass is 589 g/mol. The van der Waals surface area contributed by atoms with Gasteiger partial charge in [0.2, 0.25) is 0 Å². The van der Waals surface area contributed by atoms with Crippen LogP contribution in [0.5, 0.6) is 11.5 Å². The van der Waals surface area contributed by atoms with Gasteiger partial charge in [-0.2, -0.15) is 0 Å². The number of rotatable bonds is 24. The average molecular weight is 589 g/mol. The Morgan fingerprint density at radius 1 is 0.548 bits per heavy atom. The highest BCUT2D eigenvalue weighted by Crippen LogP contribution is 2.46. The van der Waals surface area contributed by atoms with E-state index in [0.29, 0.717) is 35.4 Å². The molecule has 6 N–H and O–H groups in total. The van der Waals surface area contributed by atoms with Crippen molar-refractivity contribution in [2.45, 2.75) is 194 Å². The molecule has 4 atom stereocenters. The molecule has 0 radical (unpaired) electrons. The minimum Gasteiger partial charge on any atom is -0.508 e. The molecule has 0 amide bonds. The molecule has 42 heavy (non-hydrogen) atoms. The van der Waals surface area contributed by atoms with Crippen LogP contribution in [0.3, 0.4) is 0 Å². The number of benzene rings is 1. The van der Waals surface area contributed by atoms with Crippen molar-refractivity contribution < 1.29 is 10.2 Å². The number of hydrogen-bond donors (Lipinski definition) is 4. The van der Waals surface area contributed by atoms with Crippen LogP contribution in [-0.2, 0) is 10.8 Å². The molecule has 0 bridgehead atoms. The molecule has 4 nitrogen and oxygen atoms in total. The highest BCUT2D eigenvalue weighted by atomic mass is 16.3. The van der Waals surface area contributed by atoms with Crippen LogP contribution < -0.4 is 11.5 Å². The van der Waals surface area contributed by atoms with Crippen molar-refractivity contribution in [1.82, 2.24) is 0 Å². The lowest BCUT2D eigenvalue weighted by Crippen LogP contribution is -2.25. The summed E-state index contributed by atoms with van der Waals surface area (Å²) in [6.07, 6.45) is 21.0. The first-order valence-corrected chi connectivity index (χ1v) is 17.9. The third-order valence-electron chi connectivity index (χ3n) is 10.7. The molecule has 1 aromatic rings. The molecule has 0 saturated heterocycles. The van der Waals surface area contributed by atoms with Gasteiger partial charge in [-0.3, -0.25) is 0 Å². The average Bonchev–Trinajstić information content (AvgIpc) is 2.95. The molecule has 0 aromatic heterocycles. The zero-order valence-corrected chi connectivity index (χ0v) is 29.2. The van der Waals surface area contributed by atoms with Crippen LogP contribution in [0.1, 0.15) is 182 Å². The van der Waals surface area contributed by atoms with Crippen molar-refractivity contribution >= 4 is 0 Å². The van der Waals surface area contributed by atoms with Crippen molar-refractivity contribution in [2.75, 3.05) is 0 Å². The van der Waals surface area contributed by atoms with Gasteiger partial charge in [0.05, 0.1) is 0 Å². The van der Waals surface area contributed by atoms with E-state index in [1.54, 1.807) is 0 Å². The Labute approximate surface area is 261 Å². The molecule has 0 aliphatic rings. The van der Waals surface area contributed by atoms with E-state index in [0.717, 1.165) is 62.5 Å². The van der Waals surface area contributed by atoms with Gasteiger partial charge in [-0.15, -0.1) is 0 Å². The third kappa shape index (κ3) is 13.2. The molecule has 0 saturated carbocycles. The predicted octanol–water partition coefficient (Wildman–Crippen LogP) is 10.6. The second-order valence-corrected chi connectivity index (χ2v) is 14.9. The van der Waals surface area contributed by atoms with E-state index in [1.165, 1.54) is 64.2 Å². The van der Waals surface area contributed by atoms with Gasteiger partial charge in [0.1, 0.15) is 11.5 Å². The SMILES string of the molecule is CCC(C)(CCCCCCCCC(N)C(C)C)c1cc(O)c(C(C)(CC)CCCCCCCCC(N)C(C)C)cc1O. The van der Waals surface area contributed by atoms with Crippen molar-refractivity contribution in [2.24, 2.45) is 23.3 Å². The maximum Gasteiger partial charge on any atom is 0.119 e. The van der Waals surface area contributed by atoms with Gasteiger partial charge in [0.15, 0.2) is 0 Å².